The summed E-state index contributed by atoms with van der Waals surface area (Å²) in [7, 11) is 0. The monoisotopic (exact) mass is 285 g/mol. The van der Waals surface area contributed by atoms with Crippen molar-refractivity contribution in [3.05, 3.63) is 18.0 Å². The molecule has 2 saturated heterocycles. The Balaban J connectivity index is 1.57. The van der Waals surface area contributed by atoms with E-state index >= 15 is 0 Å². The molecule has 5 rings (SSSR count). The van der Waals surface area contributed by atoms with Gasteiger partial charge in [0.2, 0.25) is 0 Å². The minimum absolute atomic E-state index is 0.139. The summed E-state index contributed by atoms with van der Waals surface area (Å²) in [5.41, 5.74) is 0.838. The second-order valence-electron chi connectivity index (χ2n) is 6.71. The number of aliphatic hydroxyl groups excluding tert-OH is 1. The summed E-state index contributed by atoms with van der Waals surface area (Å²) in [5.74, 6) is 2.57. The van der Waals surface area contributed by atoms with Crippen molar-refractivity contribution in [2.24, 2.45) is 0 Å². The maximum absolute atomic E-state index is 9.95. The third kappa shape index (κ3) is 1.78. The number of anilines is 1. The first kappa shape index (κ1) is 11.9. The normalized spacial score (nSPS) is 32.0. The standard InChI is InChI=1S/C15H19N5O/c21-12-7-10-3-4-11(8-12)19(10)14-6-5-13-16-17-15(9-1-2-9)20(13)18-14/h5-6,9-12,21H,1-4,7-8H2. The molecule has 1 aliphatic carbocycles. The van der Waals surface area contributed by atoms with Crippen LogP contribution < -0.4 is 4.90 Å². The quantitative estimate of drug-likeness (QED) is 0.905. The Morgan fingerprint density at radius 3 is 2.48 bits per heavy atom. The smallest absolute Gasteiger partial charge is 0.178 e. The second kappa shape index (κ2) is 4.16. The van der Waals surface area contributed by atoms with Crippen molar-refractivity contribution in [2.45, 2.75) is 62.6 Å². The van der Waals surface area contributed by atoms with E-state index in [9.17, 15) is 5.11 Å². The molecule has 110 valence electrons. The van der Waals surface area contributed by atoms with Gasteiger partial charge >= 0.3 is 0 Å². The first-order chi connectivity index (χ1) is 10.3. The molecule has 1 N–H and O–H groups in total. The van der Waals surface area contributed by atoms with Crippen LogP contribution in [0.1, 0.15) is 50.3 Å². The lowest BCUT2D eigenvalue weighted by Crippen LogP contribution is -2.45. The van der Waals surface area contributed by atoms with Crippen molar-refractivity contribution in [1.82, 2.24) is 19.8 Å². The summed E-state index contributed by atoms with van der Waals surface area (Å²) < 4.78 is 1.93. The van der Waals surface area contributed by atoms with Gasteiger partial charge in [0.05, 0.1) is 6.10 Å². The third-order valence-electron chi connectivity index (χ3n) is 5.19. The highest BCUT2D eigenvalue weighted by Gasteiger charge is 2.41. The first-order valence-corrected chi connectivity index (χ1v) is 7.98. The van der Waals surface area contributed by atoms with Crippen molar-refractivity contribution in [3.63, 3.8) is 0 Å². The molecule has 4 heterocycles. The fourth-order valence-electron chi connectivity index (χ4n) is 4.05. The molecule has 2 bridgehead atoms. The van der Waals surface area contributed by atoms with E-state index in [4.69, 9.17) is 5.10 Å². The molecule has 0 spiro atoms. The number of fused-ring (bicyclic) bond motifs is 3. The Hall–Kier alpha value is -1.69. The van der Waals surface area contributed by atoms with Crippen LogP contribution in [-0.4, -0.2) is 43.1 Å². The Morgan fingerprint density at radius 1 is 1.00 bits per heavy atom. The van der Waals surface area contributed by atoms with Crippen LogP contribution in [0.5, 0.6) is 0 Å². The Labute approximate surface area is 122 Å². The summed E-state index contributed by atoms with van der Waals surface area (Å²) in [6.07, 6.45) is 6.33. The molecule has 2 atom stereocenters. The number of aliphatic hydroxyl groups is 1. The van der Waals surface area contributed by atoms with Crippen molar-refractivity contribution in [3.8, 4) is 0 Å². The molecule has 2 aromatic rings. The van der Waals surface area contributed by atoms with Gasteiger partial charge in [-0.2, -0.15) is 4.52 Å². The number of hydrogen-bond donors (Lipinski definition) is 1. The van der Waals surface area contributed by atoms with E-state index in [1.807, 2.05) is 10.6 Å². The largest absolute Gasteiger partial charge is 0.393 e. The molecule has 21 heavy (non-hydrogen) atoms. The maximum Gasteiger partial charge on any atom is 0.178 e. The molecule has 0 radical (unpaired) electrons. The molecule has 0 aromatic carbocycles. The molecular weight excluding hydrogens is 266 g/mol. The van der Waals surface area contributed by atoms with Crippen molar-refractivity contribution in [1.29, 1.82) is 0 Å². The van der Waals surface area contributed by atoms with Gasteiger partial charge in [0.1, 0.15) is 5.82 Å². The van der Waals surface area contributed by atoms with E-state index in [0.29, 0.717) is 18.0 Å². The summed E-state index contributed by atoms with van der Waals surface area (Å²) in [5, 5.41) is 23.3. The molecule has 6 nitrogen and oxygen atoms in total. The van der Waals surface area contributed by atoms with Crippen molar-refractivity contribution in [2.75, 3.05) is 4.90 Å². The van der Waals surface area contributed by atoms with Gasteiger partial charge in [-0.05, 0) is 50.7 Å². The predicted molar refractivity (Wildman–Crippen MR) is 77.3 cm³/mol. The van der Waals surface area contributed by atoms with Crippen LogP contribution in [0.4, 0.5) is 5.82 Å². The van der Waals surface area contributed by atoms with Gasteiger partial charge in [0.15, 0.2) is 11.5 Å². The highest BCUT2D eigenvalue weighted by atomic mass is 16.3. The van der Waals surface area contributed by atoms with Gasteiger partial charge in [-0.25, -0.2) is 0 Å². The molecule has 3 fully saturated rings. The fraction of sp³-hybridized carbons (Fsp3) is 0.667. The zero-order chi connectivity index (χ0) is 14.0. The van der Waals surface area contributed by atoms with E-state index in [0.717, 1.165) is 30.1 Å². The van der Waals surface area contributed by atoms with Crippen LogP contribution in [0.3, 0.4) is 0 Å². The Kier molecular flexibility index (Phi) is 2.36. The lowest BCUT2D eigenvalue weighted by molar-refractivity contribution is 0.126. The molecule has 0 amide bonds. The van der Waals surface area contributed by atoms with Crippen molar-refractivity contribution < 1.29 is 5.11 Å². The highest BCUT2D eigenvalue weighted by molar-refractivity contribution is 5.49. The van der Waals surface area contributed by atoms with Gasteiger partial charge < -0.3 is 10.0 Å². The van der Waals surface area contributed by atoms with Gasteiger partial charge in [-0.1, -0.05) is 0 Å². The van der Waals surface area contributed by atoms with Crippen LogP contribution in [-0.2, 0) is 0 Å². The van der Waals surface area contributed by atoms with E-state index in [-0.39, 0.29) is 6.10 Å². The highest BCUT2D eigenvalue weighted by Crippen LogP contribution is 2.40. The zero-order valence-corrected chi connectivity index (χ0v) is 11.9. The topological polar surface area (TPSA) is 66.5 Å². The van der Waals surface area contributed by atoms with Crippen LogP contribution in [0.15, 0.2) is 12.1 Å². The van der Waals surface area contributed by atoms with Crippen LogP contribution in [0, 0.1) is 0 Å². The Morgan fingerprint density at radius 2 is 1.76 bits per heavy atom. The lowest BCUT2D eigenvalue weighted by atomic mass is 10.00. The van der Waals surface area contributed by atoms with Gasteiger partial charge in [0, 0.05) is 18.0 Å². The SMILES string of the molecule is OC1CC2CCC(C1)N2c1ccc2nnc(C3CC3)n2n1. The molecular formula is C15H19N5O. The maximum atomic E-state index is 9.95. The van der Waals surface area contributed by atoms with E-state index in [1.165, 1.54) is 25.7 Å². The van der Waals surface area contributed by atoms with E-state index in [1.54, 1.807) is 0 Å². The Bertz CT molecular complexity index is 680. The molecule has 1 saturated carbocycles. The van der Waals surface area contributed by atoms with Crippen LogP contribution in [0.2, 0.25) is 0 Å². The number of rotatable bonds is 2. The molecule has 2 aliphatic heterocycles. The number of nitrogens with zero attached hydrogens (tertiary/aromatic N) is 5. The van der Waals surface area contributed by atoms with E-state index < -0.39 is 0 Å². The van der Waals surface area contributed by atoms with Crippen LogP contribution >= 0.6 is 0 Å². The molecule has 2 aromatic heterocycles. The molecule has 2 unspecified atom stereocenters. The van der Waals surface area contributed by atoms with Crippen LogP contribution in [0.25, 0.3) is 5.65 Å². The van der Waals surface area contributed by atoms with Gasteiger partial charge in [-0.15, -0.1) is 15.3 Å². The summed E-state index contributed by atoms with van der Waals surface area (Å²) in [4.78, 5) is 2.42. The minimum atomic E-state index is -0.139. The summed E-state index contributed by atoms with van der Waals surface area (Å²) in [6.45, 7) is 0. The molecule has 3 aliphatic rings. The van der Waals surface area contributed by atoms with Gasteiger partial charge in [0.25, 0.3) is 0 Å². The average Bonchev–Trinajstić information content (AvgIpc) is 3.17. The number of hydrogen-bond acceptors (Lipinski definition) is 5. The molecule has 6 heteroatoms. The first-order valence-electron chi connectivity index (χ1n) is 7.98. The summed E-state index contributed by atoms with van der Waals surface area (Å²) >= 11 is 0. The summed E-state index contributed by atoms with van der Waals surface area (Å²) in [6, 6.07) is 4.95. The van der Waals surface area contributed by atoms with Crippen molar-refractivity contribution >= 4 is 11.5 Å². The van der Waals surface area contributed by atoms with Gasteiger partial charge in [-0.3, -0.25) is 0 Å². The third-order valence-corrected chi connectivity index (χ3v) is 5.19. The zero-order valence-electron chi connectivity index (χ0n) is 11.9. The average molecular weight is 285 g/mol. The second-order valence-corrected chi connectivity index (χ2v) is 6.71. The predicted octanol–water partition coefficient (Wildman–Crippen LogP) is 1.49. The fourth-order valence-corrected chi connectivity index (χ4v) is 4.05. The van der Waals surface area contributed by atoms with E-state index in [2.05, 4.69) is 21.2 Å². The minimum Gasteiger partial charge on any atom is -0.393 e. The lowest BCUT2D eigenvalue weighted by Gasteiger charge is -2.37. The number of aromatic nitrogens is 4. The number of piperidine rings is 1.